The van der Waals surface area contributed by atoms with E-state index in [9.17, 15) is 9.90 Å². The monoisotopic (exact) mass is 210 g/mol. The minimum Gasteiger partial charge on any atom is -0.502 e. The molecule has 15 heavy (non-hydrogen) atoms. The lowest BCUT2D eigenvalue weighted by Gasteiger charge is -2.10. The summed E-state index contributed by atoms with van der Waals surface area (Å²) in [5.41, 5.74) is 0.758. The number of ether oxygens (including phenoxy) is 2. The molecule has 0 aromatic heterocycles. The van der Waals surface area contributed by atoms with E-state index in [0.29, 0.717) is 17.9 Å². The number of benzene rings is 1. The molecule has 0 spiro atoms. The van der Waals surface area contributed by atoms with E-state index in [1.54, 1.807) is 12.1 Å². The van der Waals surface area contributed by atoms with Gasteiger partial charge in [0.15, 0.2) is 11.5 Å². The molecule has 0 saturated carbocycles. The number of phenols is 1. The predicted molar refractivity (Wildman–Crippen MR) is 55.6 cm³/mol. The zero-order chi connectivity index (χ0) is 11.4. The van der Waals surface area contributed by atoms with Crippen molar-refractivity contribution in [2.24, 2.45) is 0 Å². The van der Waals surface area contributed by atoms with Gasteiger partial charge in [0.2, 0.25) is 5.75 Å². The summed E-state index contributed by atoms with van der Waals surface area (Å²) in [6.45, 7) is 1.51. The molecule has 0 saturated heterocycles. The minimum absolute atomic E-state index is 0.0461. The average molecular weight is 210 g/mol. The molecule has 82 valence electrons. The molecule has 1 aromatic rings. The van der Waals surface area contributed by atoms with E-state index in [1.807, 2.05) is 0 Å². The number of aromatic hydroxyl groups is 1. The largest absolute Gasteiger partial charge is 0.502 e. The second-order valence-electron chi connectivity index (χ2n) is 3.23. The van der Waals surface area contributed by atoms with Gasteiger partial charge in [-0.05, 0) is 24.6 Å². The molecule has 0 fully saturated rings. The number of hydrogen-bond acceptors (Lipinski definition) is 4. The fourth-order valence-corrected chi connectivity index (χ4v) is 1.34. The number of carbonyl (C=O) groups excluding carboxylic acids is 1. The Kier molecular flexibility index (Phi) is 3.55. The first-order valence-corrected chi connectivity index (χ1v) is 4.51. The molecule has 4 nitrogen and oxygen atoms in total. The molecule has 0 aliphatic rings. The van der Waals surface area contributed by atoms with Crippen LogP contribution in [0.2, 0.25) is 0 Å². The Balaban J connectivity index is 3.14. The van der Waals surface area contributed by atoms with Crippen LogP contribution in [0.25, 0.3) is 0 Å². The molecule has 0 atom stereocenters. The van der Waals surface area contributed by atoms with Crippen LogP contribution in [0.15, 0.2) is 12.1 Å². The average Bonchev–Trinajstić information content (AvgIpc) is 2.19. The number of phenolic OH excluding ortho intramolecular Hbond substituents is 1. The second kappa shape index (κ2) is 4.68. The van der Waals surface area contributed by atoms with Gasteiger partial charge in [0.05, 0.1) is 14.2 Å². The second-order valence-corrected chi connectivity index (χ2v) is 3.23. The van der Waals surface area contributed by atoms with Crippen LogP contribution in [0, 0.1) is 0 Å². The van der Waals surface area contributed by atoms with Crippen molar-refractivity contribution in [3.05, 3.63) is 17.7 Å². The first kappa shape index (κ1) is 11.4. The molecular weight excluding hydrogens is 196 g/mol. The third-order valence-corrected chi connectivity index (χ3v) is 1.99. The van der Waals surface area contributed by atoms with Crippen molar-refractivity contribution < 1.29 is 19.4 Å². The lowest BCUT2D eigenvalue weighted by atomic mass is 10.1. The number of Topliss-reactive ketones (excluding diaryl/α,β-unsaturated/α-hetero) is 1. The van der Waals surface area contributed by atoms with Gasteiger partial charge in [0.1, 0.15) is 5.78 Å². The first-order valence-electron chi connectivity index (χ1n) is 4.51. The van der Waals surface area contributed by atoms with Gasteiger partial charge in [-0.2, -0.15) is 0 Å². The maximum Gasteiger partial charge on any atom is 0.200 e. The maximum absolute atomic E-state index is 11.0. The van der Waals surface area contributed by atoms with Crippen molar-refractivity contribution in [1.29, 1.82) is 0 Å². The third kappa shape index (κ3) is 2.62. The molecule has 1 N–H and O–H groups in total. The normalized spacial score (nSPS) is 9.80. The molecule has 0 amide bonds. The van der Waals surface area contributed by atoms with Crippen molar-refractivity contribution in [2.45, 2.75) is 13.3 Å². The number of carbonyl (C=O) groups is 1. The van der Waals surface area contributed by atoms with Gasteiger partial charge in [-0.15, -0.1) is 0 Å². The van der Waals surface area contributed by atoms with Crippen molar-refractivity contribution in [3.63, 3.8) is 0 Å². The van der Waals surface area contributed by atoms with Gasteiger partial charge in [-0.1, -0.05) is 0 Å². The Morgan fingerprint density at radius 2 is 1.73 bits per heavy atom. The lowest BCUT2D eigenvalue weighted by molar-refractivity contribution is -0.116. The van der Waals surface area contributed by atoms with Crippen LogP contribution in [0.1, 0.15) is 12.5 Å². The fraction of sp³-hybridized carbons (Fsp3) is 0.364. The van der Waals surface area contributed by atoms with Gasteiger partial charge in [-0.3, -0.25) is 4.79 Å². The SMILES string of the molecule is COc1cc(CC(C)=O)cc(OC)c1O. The Hall–Kier alpha value is -1.71. The van der Waals surface area contributed by atoms with Crippen LogP contribution in [-0.2, 0) is 11.2 Å². The smallest absolute Gasteiger partial charge is 0.200 e. The molecule has 4 heteroatoms. The van der Waals surface area contributed by atoms with Gasteiger partial charge in [0, 0.05) is 6.42 Å². The molecule has 0 unspecified atom stereocenters. The summed E-state index contributed by atoms with van der Waals surface area (Å²) >= 11 is 0. The van der Waals surface area contributed by atoms with Gasteiger partial charge in [-0.25, -0.2) is 0 Å². The summed E-state index contributed by atoms with van der Waals surface area (Å²) in [5, 5.41) is 9.61. The summed E-state index contributed by atoms with van der Waals surface area (Å²) in [7, 11) is 2.90. The number of methoxy groups -OCH3 is 2. The van der Waals surface area contributed by atoms with Crippen molar-refractivity contribution >= 4 is 5.78 Å². The van der Waals surface area contributed by atoms with Crippen molar-refractivity contribution in [3.8, 4) is 17.2 Å². The highest BCUT2D eigenvalue weighted by Gasteiger charge is 2.11. The van der Waals surface area contributed by atoms with E-state index in [1.165, 1.54) is 21.1 Å². The van der Waals surface area contributed by atoms with Crippen LogP contribution in [-0.4, -0.2) is 25.1 Å². The van der Waals surface area contributed by atoms with E-state index in [4.69, 9.17) is 9.47 Å². The van der Waals surface area contributed by atoms with Crippen LogP contribution in [0.5, 0.6) is 17.2 Å². The summed E-state index contributed by atoms with van der Waals surface area (Å²) in [5.74, 6) is 0.619. The molecule has 0 bridgehead atoms. The van der Waals surface area contributed by atoms with Crippen LogP contribution < -0.4 is 9.47 Å². The molecule has 0 heterocycles. The Labute approximate surface area is 88.4 Å². The molecule has 1 rings (SSSR count). The number of hydrogen-bond donors (Lipinski definition) is 1. The minimum atomic E-state index is -0.0488. The molecule has 0 aliphatic carbocycles. The summed E-state index contributed by atoms with van der Waals surface area (Å²) in [6, 6.07) is 3.25. The summed E-state index contributed by atoms with van der Waals surface area (Å²) in [6.07, 6.45) is 0.299. The molecule has 0 aliphatic heterocycles. The standard InChI is InChI=1S/C11H14O4/c1-7(12)4-8-5-9(14-2)11(13)10(6-8)15-3/h5-6,13H,4H2,1-3H3. The quantitative estimate of drug-likeness (QED) is 0.819. The number of ketones is 1. The van der Waals surface area contributed by atoms with Crippen LogP contribution in [0.4, 0.5) is 0 Å². The highest BCUT2D eigenvalue weighted by Crippen LogP contribution is 2.37. The van der Waals surface area contributed by atoms with E-state index >= 15 is 0 Å². The van der Waals surface area contributed by atoms with Gasteiger partial charge in [0.25, 0.3) is 0 Å². The zero-order valence-electron chi connectivity index (χ0n) is 9.03. The summed E-state index contributed by atoms with van der Waals surface area (Å²) in [4.78, 5) is 11.0. The van der Waals surface area contributed by atoms with Crippen molar-refractivity contribution in [2.75, 3.05) is 14.2 Å². The third-order valence-electron chi connectivity index (χ3n) is 1.99. The Morgan fingerprint density at radius 3 is 2.07 bits per heavy atom. The van der Waals surface area contributed by atoms with Gasteiger partial charge < -0.3 is 14.6 Å². The highest BCUT2D eigenvalue weighted by molar-refractivity contribution is 5.78. The van der Waals surface area contributed by atoms with E-state index in [-0.39, 0.29) is 11.5 Å². The Morgan fingerprint density at radius 1 is 1.27 bits per heavy atom. The molecular formula is C11H14O4. The van der Waals surface area contributed by atoms with Crippen LogP contribution in [0.3, 0.4) is 0 Å². The number of rotatable bonds is 4. The molecule has 1 aromatic carbocycles. The van der Waals surface area contributed by atoms with E-state index in [0.717, 1.165) is 5.56 Å². The first-order chi connectivity index (χ1) is 7.08. The maximum atomic E-state index is 11.0. The van der Waals surface area contributed by atoms with E-state index < -0.39 is 0 Å². The van der Waals surface area contributed by atoms with Crippen LogP contribution >= 0.6 is 0 Å². The summed E-state index contributed by atoms with van der Waals surface area (Å²) < 4.78 is 9.94. The van der Waals surface area contributed by atoms with Gasteiger partial charge >= 0.3 is 0 Å². The molecule has 0 radical (unpaired) electrons. The highest BCUT2D eigenvalue weighted by atomic mass is 16.5. The van der Waals surface area contributed by atoms with E-state index in [2.05, 4.69) is 0 Å². The lowest BCUT2D eigenvalue weighted by Crippen LogP contribution is -1.98. The van der Waals surface area contributed by atoms with Crippen molar-refractivity contribution in [1.82, 2.24) is 0 Å². The zero-order valence-corrected chi connectivity index (χ0v) is 9.03. The predicted octanol–water partition coefficient (Wildman–Crippen LogP) is 1.54. The fourth-order valence-electron chi connectivity index (χ4n) is 1.34. The Bertz CT molecular complexity index is 346. The topological polar surface area (TPSA) is 55.8 Å².